The fourth-order valence-corrected chi connectivity index (χ4v) is 2.30. The second-order valence-electron chi connectivity index (χ2n) is 4.86. The molecule has 0 aliphatic carbocycles. The molecule has 1 heterocycles. The van der Waals surface area contributed by atoms with E-state index in [0.29, 0.717) is 5.76 Å². The minimum atomic E-state index is -0.697. The van der Waals surface area contributed by atoms with E-state index in [9.17, 15) is 4.79 Å². The van der Waals surface area contributed by atoms with Crippen LogP contribution < -0.4 is 5.73 Å². The number of para-hydroxylation sites is 1. The molecule has 2 N–H and O–H groups in total. The Morgan fingerprint density at radius 2 is 1.85 bits per heavy atom. The highest BCUT2D eigenvalue weighted by Crippen LogP contribution is 2.25. The average Bonchev–Trinajstić information content (AvgIpc) is 2.92. The normalized spacial score (nSPS) is 12.5. The third kappa shape index (κ3) is 2.12. The van der Waals surface area contributed by atoms with Gasteiger partial charge in [0.2, 0.25) is 5.78 Å². The van der Waals surface area contributed by atoms with Crippen LogP contribution in [0.25, 0.3) is 11.0 Å². The van der Waals surface area contributed by atoms with Gasteiger partial charge in [0.05, 0.1) is 6.04 Å². The number of nitrogens with two attached hydrogens (primary N) is 1. The maximum absolute atomic E-state index is 12.4. The number of fused-ring (bicyclic) bond motifs is 1. The zero-order chi connectivity index (χ0) is 14.1. The van der Waals surface area contributed by atoms with Crippen molar-refractivity contribution in [3.05, 3.63) is 71.5 Å². The topological polar surface area (TPSA) is 56.2 Å². The van der Waals surface area contributed by atoms with Gasteiger partial charge in [-0.25, -0.2) is 0 Å². The summed E-state index contributed by atoms with van der Waals surface area (Å²) in [5.41, 5.74) is 8.56. The molecule has 3 nitrogen and oxygen atoms in total. The lowest BCUT2D eigenvalue weighted by Crippen LogP contribution is -2.20. The number of Topliss-reactive ketones (excluding diaryl/α,β-unsaturated/α-hetero) is 1. The van der Waals surface area contributed by atoms with Gasteiger partial charge in [-0.1, -0.05) is 48.5 Å². The maximum atomic E-state index is 12.4. The number of ketones is 1. The van der Waals surface area contributed by atoms with Crippen LogP contribution in [0, 0.1) is 6.92 Å². The smallest absolute Gasteiger partial charge is 0.219 e. The van der Waals surface area contributed by atoms with Crippen LogP contribution >= 0.6 is 0 Å². The SMILES string of the molecule is Cc1cccc2cc(C(=O)C(N)c3ccccc3)oc12. The molecule has 0 aliphatic rings. The standard InChI is InChI=1S/C17H15NO2/c1-11-6-5-9-13-10-14(20-17(11)13)16(19)15(18)12-7-3-2-4-8-12/h2-10,15H,18H2,1H3. The van der Waals surface area contributed by atoms with Gasteiger partial charge in [-0.3, -0.25) is 4.79 Å². The van der Waals surface area contributed by atoms with Crippen LogP contribution in [-0.2, 0) is 0 Å². The third-order valence-corrected chi connectivity index (χ3v) is 3.42. The molecule has 20 heavy (non-hydrogen) atoms. The molecule has 1 unspecified atom stereocenters. The number of carbonyl (C=O) groups is 1. The number of benzene rings is 2. The molecule has 3 aromatic rings. The molecule has 2 aromatic carbocycles. The zero-order valence-electron chi connectivity index (χ0n) is 11.2. The molecule has 0 aliphatic heterocycles. The highest BCUT2D eigenvalue weighted by Gasteiger charge is 2.21. The molecule has 0 fully saturated rings. The Balaban J connectivity index is 1.99. The second-order valence-corrected chi connectivity index (χ2v) is 4.86. The zero-order valence-corrected chi connectivity index (χ0v) is 11.2. The van der Waals surface area contributed by atoms with Crippen molar-refractivity contribution < 1.29 is 9.21 Å². The van der Waals surface area contributed by atoms with Crippen molar-refractivity contribution >= 4 is 16.8 Å². The maximum Gasteiger partial charge on any atom is 0.219 e. The quantitative estimate of drug-likeness (QED) is 0.736. The van der Waals surface area contributed by atoms with E-state index in [1.165, 1.54) is 0 Å². The van der Waals surface area contributed by atoms with Crippen molar-refractivity contribution in [2.45, 2.75) is 13.0 Å². The van der Waals surface area contributed by atoms with E-state index in [4.69, 9.17) is 10.2 Å². The van der Waals surface area contributed by atoms with E-state index in [2.05, 4.69) is 0 Å². The summed E-state index contributed by atoms with van der Waals surface area (Å²) in [6.07, 6.45) is 0. The Morgan fingerprint density at radius 3 is 2.55 bits per heavy atom. The lowest BCUT2D eigenvalue weighted by atomic mass is 10.0. The van der Waals surface area contributed by atoms with Gasteiger partial charge >= 0.3 is 0 Å². The molecule has 100 valence electrons. The van der Waals surface area contributed by atoms with Crippen molar-refractivity contribution in [1.82, 2.24) is 0 Å². The van der Waals surface area contributed by atoms with Crippen molar-refractivity contribution in [3.63, 3.8) is 0 Å². The largest absolute Gasteiger partial charge is 0.453 e. The number of furan rings is 1. The lowest BCUT2D eigenvalue weighted by molar-refractivity contribution is 0.0936. The summed E-state index contributed by atoms with van der Waals surface area (Å²) < 4.78 is 5.67. The first-order chi connectivity index (χ1) is 9.66. The van der Waals surface area contributed by atoms with Crippen LogP contribution in [0.4, 0.5) is 0 Å². The van der Waals surface area contributed by atoms with Crippen LogP contribution in [0.1, 0.15) is 27.7 Å². The molecule has 0 saturated heterocycles. The molecule has 0 saturated carbocycles. The minimum Gasteiger partial charge on any atom is -0.453 e. The first kappa shape index (κ1) is 12.6. The summed E-state index contributed by atoms with van der Waals surface area (Å²) in [4.78, 5) is 12.4. The summed E-state index contributed by atoms with van der Waals surface area (Å²) >= 11 is 0. The third-order valence-electron chi connectivity index (χ3n) is 3.42. The molecule has 3 rings (SSSR count). The van der Waals surface area contributed by atoms with E-state index in [0.717, 1.165) is 22.1 Å². The van der Waals surface area contributed by atoms with Gasteiger partial charge < -0.3 is 10.2 Å². The van der Waals surface area contributed by atoms with E-state index < -0.39 is 6.04 Å². The fraction of sp³-hybridized carbons (Fsp3) is 0.118. The summed E-state index contributed by atoms with van der Waals surface area (Å²) in [5, 5.41) is 0.925. The van der Waals surface area contributed by atoms with Crippen molar-refractivity contribution in [2.24, 2.45) is 5.73 Å². The van der Waals surface area contributed by atoms with Crippen LogP contribution in [0.3, 0.4) is 0 Å². The molecule has 0 spiro atoms. The monoisotopic (exact) mass is 265 g/mol. The summed E-state index contributed by atoms with van der Waals surface area (Å²) in [6, 6.07) is 16.2. The second kappa shape index (κ2) is 4.94. The molecular formula is C17H15NO2. The number of hydrogen-bond donors (Lipinski definition) is 1. The number of carbonyl (C=O) groups excluding carboxylic acids is 1. The Kier molecular flexibility index (Phi) is 3.12. The Morgan fingerprint density at radius 1 is 1.10 bits per heavy atom. The van der Waals surface area contributed by atoms with Gasteiger partial charge in [0, 0.05) is 5.39 Å². The van der Waals surface area contributed by atoms with E-state index in [-0.39, 0.29) is 5.78 Å². The van der Waals surface area contributed by atoms with Crippen LogP contribution in [0.15, 0.2) is 59.0 Å². The lowest BCUT2D eigenvalue weighted by Gasteiger charge is -2.08. The Labute approximate surface area is 117 Å². The molecule has 1 atom stereocenters. The Bertz CT molecular complexity index is 759. The number of hydrogen-bond acceptors (Lipinski definition) is 3. The van der Waals surface area contributed by atoms with Crippen LogP contribution in [0.5, 0.6) is 0 Å². The number of rotatable bonds is 3. The summed E-state index contributed by atoms with van der Waals surface area (Å²) in [5.74, 6) is 0.109. The highest BCUT2D eigenvalue weighted by molar-refractivity contribution is 6.01. The van der Waals surface area contributed by atoms with E-state index >= 15 is 0 Å². The average molecular weight is 265 g/mol. The molecule has 0 bridgehead atoms. The first-order valence-electron chi connectivity index (χ1n) is 6.51. The van der Waals surface area contributed by atoms with Crippen molar-refractivity contribution in [3.8, 4) is 0 Å². The molecule has 0 radical (unpaired) electrons. The van der Waals surface area contributed by atoms with Crippen LogP contribution in [-0.4, -0.2) is 5.78 Å². The molecular weight excluding hydrogens is 250 g/mol. The van der Waals surface area contributed by atoms with Gasteiger partial charge in [-0.05, 0) is 24.1 Å². The molecule has 3 heteroatoms. The highest BCUT2D eigenvalue weighted by atomic mass is 16.3. The van der Waals surface area contributed by atoms with Gasteiger partial charge in [-0.2, -0.15) is 0 Å². The van der Waals surface area contributed by atoms with Crippen LogP contribution in [0.2, 0.25) is 0 Å². The predicted molar refractivity (Wildman–Crippen MR) is 78.7 cm³/mol. The predicted octanol–water partition coefficient (Wildman–Crippen LogP) is 3.62. The van der Waals surface area contributed by atoms with Gasteiger partial charge in [0.25, 0.3) is 0 Å². The van der Waals surface area contributed by atoms with Gasteiger partial charge in [0.1, 0.15) is 5.58 Å². The van der Waals surface area contributed by atoms with Crippen molar-refractivity contribution in [1.29, 1.82) is 0 Å². The number of aryl methyl sites for hydroxylation is 1. The van der Waals surface area contributed by atoms with E-state index in [1.807, 2.05) is 55.5 Å². The Hall–Kier alpha value is -2.39. The summed E-state index contributed by atoms with van der Waals surface area (Å²) in [6.45, 7) is 1.96. The minimum absolute atomic E-state index is 0.202. The van der Waals surface area contributed by atoms with Crippen molar-refractivity contribution in [2.75, 3.05) is 0 Å². The molecule has 0 amide bonds. The first-order valence-corrected chi connectivity index (χ1v) is 6.51. The van der Waals surface area contributed by atoms with E-state index in [1.54, 1.807) is 6.07 Å². The molecule has 1 aromatic heterocycles. The summed E-state index contributed by atoms with van der Waals surface area (Å²) in [7, 11) is 0. The fourth-order valence-electron chi connectivity index (χ4n) is 2.30. The van der Waals surface area contributed by atoms with Gasteiger partial charge in [0.15, 0.2) is 5.76 Å². The van der Waals surface area contributed by atoms with Gasteiger partial charge in [-0.15, -0.1) is 0 Å².